The summed E-state index contributed by atoms with van der Waals surface area (Å²) in [6, 6.07) is 2.93. The van der Waals surface area contributed by atoms with E-state index in [2.05, 4.69) is 15.3 Å². The number of hydrogen-bond acceptors (Lipinski definition) is 3. The average molecular weight is 283 g/mol. The number of azide groups is 1. The van der Waals surface area contributed by atoms with Gasteiger partial charge in [-0.25, -0.2) is 8.78 Å². The van der Waals surface area contributed by atoms with E-state index in [0.29, 0.717) is 12.5 Å². The van der Waals surface area contributed by atoms with Gasteiger partial charge in [-0.15, -0.1) is 0 Å². The minimum absolute atomic E-state index is 0.0322. The van der Waals surface area contributed by atoms with E-state index < -0.39 is 23.1 Å². The summed E-state index contributed by atoms with van der Waals surface area (Å²) in [5.41, 5.74) is 11.9. The fourth-order valence-corrected chi connectivity index (χ4v) is 1.74. The number of hydrogen-bond donors (Lipinski definition) is 2. The molecule has 8 heteroatoms. The third-order valence-electron chi connectivity index (χ3n) is 2.94. The summed E-state index contributed by atoms with van der Waals surface area (Å²) in [6.07, 6.45) is 0.454. The third-order valence-corrected chi connectivity index (χ3v) is 2.94. The molecule has 0 aromatic heterocycles. The van der Waals surface area contributed by atoms with Gasteiger partial charge in [-0.2, -0.15) is 0 Å². The van der Waals surface area contributed by atoms with Crippen LogP contribution in [0.2, 0.25) is 0 Å². The maximum Gasteiger partial charge on any atom is 0.242 e. The molecule has 1 rings (SSSR count). The molecule has 108 valence electrons. The van der Waals surface area contributed by atoms with Gasteiger partial charge in [0.25, 0.3) is 0 Å². The fraction of sp³-hybridized carbons (Fsp3) is 0.417. The van der Waals surface area contributed by atoms with Crippen molar-refractivity contribution in [2.75, 3.05) is 13.1 Å². The first-order valence-corrected chi connectivity index (χ1v) is 5.93. The molecule has 0 saturated heterocycles. The number of carbonyl (C=O) groups is 1. The second-order valence-electron chi connectivity index (χ2n) is 4.35. The molecule has 0 heterocycles. The molecule has 0 aliphatic heterocycles. The molecule has 0 saturated carbocycles. The van der Waals surface area contributed by atoms with Crippen LogP contribution in [-0.4, -0.2) is 19.0 Å². The summed E-state index contributed by atoms with van der Waals surface area (Å²) in [4.78, 5) is 14.2. The predicted octanol–water partition coefficient (Wildman–Crippen LogP) is 1.96. The number of nitrogens with two attached hydrogens (primary N) is 1. The molecular formula is C12H15F2N5O. The van der Waals surface area contributed by atoms with E-state index in [9.17, 15) is 13.6 Å². The molecule has 0 radical (unpaired) electrons. The van der Waals surface area contributed by atoms with Crippen LogP contribution in [0.15, 0.2) is 23.3 Å². The van der Waals surface area contributed by atoms with E-state index in [1.54, 1.807) is 0 Å². The first-order valence-electron chi connectivity index (χ1n) is 5.93. The third kappa shape index (κ3) is 3.66. The lowest BCUT2D eigenvalue weighted by molar-refractivity contribution is -0.124. The van der Waals surface area contributed by atoms with E-state index in [-0.39, 0.29) is 18.7 Å². The summed E-state index contributed by atoms with van der Waals surface area (Å²) in [6.45, 7) is 1.94. The topological polar surface area (TPSA) is 104 Å². The molecule has 3 N–H and O–H groups in total. The Morgan fingerprint density at radius 1 is 1.55 bits per heavy atom. The zero-order valence-electron chi connectivity index (χ0n) is 10.9. The second kappa shape index (κ2) is 6.83. The highest BCUT2D eigenvalue weighted by Gasteiger charge is 2.35. The van der Waals surface area contributed by atoms with Gasteiger partial charge in [0.15, 0.2) is 0 Å². The van der Waals surface area contributed by atoms with Crippen molar-refractivity contribution in [3.8, 4) is 0 Å². The number of nitrogens with zero attached hydrogens (tertiary/aromatic N) is 3. The predicted molar refractivity (Wildman–Crippen MR) is 69.5 cm³/mol. The standard InChI is InChI=1S/C12H15F2N5O/c1-12(11(15)20,17-5-2-6-18-19-16)9-4-3-8(13)7-10(9)14/h3-4,7,17H,2,5-6H2,1H3,(H2,15,20). The van der Waals surface area contributed by atoms with E-state index in [1.807, 2.05) is 0 Å². The van der Waals surface area contributed by atoms with Crippen molar-refractivity contribution < 1.29 is 13.6 Å². The minimum Gasteiger partial charge on any atom is -0.368 e. The van der Waals surface area contributed by atoms with Gasteiger partial charge in [-0.3, -0.25) is 10.1 Å². The lowest BCUT2D eigenvalue weighted by atomic mass is 9.90. The normalized spacial score (nSPS) is 13.3. The first kappa shape index (κ1) is 15.9. The highest BCUT2D eigenvalue weighted by Crippen LogP contribution is 2.24. The van der Waals surface area contributed by atoms with Gasteiger partial charge < -0.3 is 5.73 Å². The SMILES string of the molecule is CC(NCCCN=[N+]=[N-])(C(N)=O)c1ccc(F)cc1F. The first-order chi connectivity index (χ1) is 9.41. The highest BCUT2D eigenvalue weighted by molar-refractivity contribution is 5.85. The Hall–Kier alpha value is -2.18. The Labute approximate surface area is 114 Å². The zero-order chi connectivity index (χ0) is 15.2. The fourth-order valence-electron chi connectivity index (χ4n) is 1.74. The number of benzene rings is 1. The van der Waals surface area contributed by atoms with Crippen LogP contribution in [0.3, 0.4) is 0 Å². The Bertz CT molecular complexity index is 545. The number of halogens is 2. The molecule has 0 aliphatic rings. The monoisotopic (exact) mass is 283 g/mol. The van der Waals surface area contributed by atoms with E-state index in [4.69, 9.17) is 11.3 Å². The lowest BCUT2D eigenvalue weighted by Gasteiger charge is -2.28. The van der Waals surface area contributed by atoms with E-state index >= 15 is 0 Å². The van der Waals surface area contributed by atoms with Crippen LogP contribution in [0.4, 0.5) is 8.78 Å². The average Bonchev–Trinajstić information content (AvgIpc) is 2.37. The van der Waals surface area contributed by atoms with Gasteiger partial charge >= 0.3 is 0 Å². The molecule has 0 bridgehead atoms. The smallest absolute Gasteiger partial charge is 0.242 e. The summed E-state index contributed by atoms with van der Waals surface area (Å²) in [7, 11) is 0. The van der Waals surface area contributed by atoms with E-state index in [0.717, 1.165) is 6.07 Å². The Morgan fingerprint density at radius 2 is 2.25 bits per heavy atom. The Morgan fingerprint density at radius 3 is 2.80 bits per heavy atom. The molecule has 0 spiro atoms. The van der Waals surface area contributed by atoms with Crippen LogP contribution in [0.5, 0.6) is 0 Å². The number of primary amides is 1. The van der Waals surface area contributed by atoms with Crippen molar-refractivity contribution in [1.82, 2.24) is 5.32 Å². The largest absolute Gasteiger partial charge is 0.368 e. The van der Waals surface area contributed by atoms with Gasteiger partial charge in [0.2, 0.25) is 5.91 Å². The van der Waals surface area contributed by atoms with Gasteiger partial charge in [0.05, 0.1) is 0 Å². The minimum atomic E-state index is -1.46. The van der Waals surface area contributed by atoms with Gasteiger partial charge in [-0.1, -0.05) is 11.2 Å². The molecule has 1 aromatic rings. The molecule has 6 nitrogen and oxygen atoms in total. The van der Waals surface area contributed by atoms with Crippen LogP contribution in [0.25, 0.3) is 10.4 Å². The van der Waals surface area contributed by atoms with Crippen LogP contribution < -0.4 is 11.1 Å². The van der Waals surface area contributed by atoms with Crippen LogP contribution in [0.1, 0.15) is 18.9 Å². The van der Waals surface area contributed by atoms with Crippen molar-refractivity contribution in [2.45, 2.75) is 18.9 Å². The molecule has 0 aliphatic carbocycles. The van der Waals surface area contributed by atoms with Gasteiger partial charge in [0, 0.05) is 23.1 Å². The maximum atomic E-state index is 13.8. The second-order valence-corrected chi connectivity index (χ2v) is 4.35. The Kier molecular flexibility index (Phi) is 5.42. The van der Waals surface area contributed by atoms with Crippen molar-refractivity contribution in [3.05, 3.63) is 45.8 Å². The lowest BCUT2D eigenvalue weighted by Crippen LogP contribution is -2.51. The quantitative estimate of drug-likeness (QED) is 0.345. The molecule has 0 fully saturated rings. The summed E-state index contributed by atoms with van der Waals surface area (Å²) >= 11 is 0. The number of amides is 1. The molecule has 1 amide bonds. The van der Waals surface area contributed by atoms with Crippen molar-refractivity contribution in [2.24, 2.45) is 10.8 Å². The van der Waals surface area contributed by atoms with Crippen molar-refractivity contribution in [3.63, 3.8) is 0 Å². The van der Waals surface area contributed by atoms with E-state index in [1.165, 1.54) is 13.0 Å². The summed E-state index contributed by atoms with van der Waals surface area (Å²) < 4.78 is 26.7. The van der Waals surface area contributed by atoms with Crippen molar-refractivity contribution >= 4 is 5.91 Å². The van der Waals surface area contributed by atoms with Gasteiger partial charge in [0.1, 0.15) is 17.2 Å². The highest BCUT2D eigenvalue weighted by atomic mass is 19.1. The number of carbonyl (C=O) groups excluding carboxylic acids is 1. The maximum absolute atomic E-state index is 13.8. The van der Waals surface area contributed by atoms with Crippen LogP contribution >= 0.6 is 0 Å². The van der Waals surface area contributed by atoms with Crippen LogP contribution in [-0.2, 0) is 10.3 Å². The van der Waals surface area contributed by atoms with Gasteiger partial charge in [-0.05, 0) is 31.5 Å². The zero-order valence-corrected chi connectivity index (χ0v) is 10.9. The number of nitrogens with one attached hydrogen (secondary N) is 1. The Balaban J connectivity index is 2.91. The summed E-state index contributed by atoms with van der Waals surface area (Å²) in [5, 5.41) is 6.15. The van der Waals surface area contributed by atoms with Crippen LogP contribution in [0, 0.1) is 11.6 Å². The molecule has 1 unspecified atom stereocenters. The number of rotatable bonds is 7. The van der Waals surface area contributed by atoms with Crippen molar-refractivity contribution in [1.29, 1.82) is 0 Å². The molecule has 20 heavy (non-hydrogen) atoms. The molecular weight excluding hydrogens is 268 g/mol. The molecule has 1 atom stereocenters. The molecule has 1 aromatic carbocycles. The summed E-state index contributed by atoms with van der Waals surface area (Å²) in [5.74, 6) is -2.37.